The van der Waals surface area contributed by atoms with Crippen molar-refractivity contribution in [1.82, 2.24) is 32.2 Å². The van der Waals surface area contributed by atoms with E-state index in [0.29, 0.717) is 17.3 Å². The first-order chi connectivity index (χ1) is 10.2. The molecule has 2 aromatic rings. The minimum absolute atomic E-state index is 0.155. The molecule has 5 N–H and O–H groups in total. The third-order valence-electron chi connectivity index (χ3n) is 3.04. The first-order valence-corrected chi connectivity index (χ1v) is 6.54. The van der Waals surface area contributed by atoms with Crippen LogP contribution < -0.4 is 27.2 Å². The second-order valence-electron chi connectivity index (χ2n) is 4.60. The van der Waals surface area contributed by atoms with Crippen molar-refractivity contribution in [1.29, 1.82) is 0 Å². The topological polar surface area (TPSA) is 103 Å². The second kappa shape index (κ2) is 6.02. The minimum Gasteiger partial charge on any atom is -0.441 e. The molecular weight excluding hydrogens is 272 g/mol. The molecule has 8 nitrogen and oxygen atoms in total. The van der Waals surface area contributed by atoms with Gasteiger partial charge in [0.15, 0.2) is 6.29 Å². The lowest BCUT2D eigenvalue weighted by atomic mass is 10.2. The first kappa shape index (κ1) is 13.7. The normalized spacial score (nSPS) is 15.3. The van der Waals surface area contributed by atoms with Crippen LogP contribution in [0.4, 0.5) is 0 Å². The molecule has 2 heterocycles. The van der Waals surface area contributed by atoms with Gasteiger partial charge in [-0.15, -0.1) is 0 Å². The lowest BCUT2D eigenvalue weighted by Gasteiger charge is -2.10. The van der Waals surface area contributed by atoms with Crippen molar-refractivity contribution in [2.75, 3.05) is 0 Å². The Kier molecular flexibility index (Phi) is 3.93. The first-order valence-electron chi connectivity index (χ1n) is 6.54. The molecule has 1 saturated heterocycles. The largest absolute Gasteiger partial charge is 0.441 e. The van der Waals surface area contributed by atoms with Crippen LogP contribution in [0.3, 0.4) is 0 Å². The molecule has 1 fully saturated rings. The summed E-state index contributed by atoms with van der Waals surface area (Å²) < 4.78 is 5.62. The van der Waals surface area contributed by atoms with Crippen molar-refractivity contribution in [3.05, 3.63) is 41.8 Å². The van der Waals surface area contributed by atoms with E-state index in [4.69, 9.17) is 4.42 Å². The van der Waals surface area contributed by atoms with Crippen molar-refractivity contribution in [3.63, 3.8) is 0 Å². The maximum absolute atomic E-state index is 11.9. The molecule has 1 aliphatic rings. The number of carbonyl (C=O) groups is 1. The van der Waals surface area contributed by atoms with Crippen LogP contribution in [0.5, 0.6) is 0 Å². The highest BCUT2D eigenvalue weighted by atomic mass is 16.4. The molecule has 0 atom stereocenters. The average molecular weight is 288 g/mol. The SMILES string of the molecule is Cc1oc(-c2ccccc2)nc1CC(=O)NC1NNNN1. The highest BCUT2D eigenvalue weighted by Crippen LogP contribution is 2.21. The molecular formula is C13H16N6O2. The van der Waals surface area contributed by atoms with Gasteiger partial charge in [-0.1, -0.05) is 18.2 Å². The maximum Gasteiger partial charge on any atom is 0.228 e. The average Bonchev–Trinajstić information content (AvgIpc) is 3.11. The predicted octanol–water partition coefficient (Wildman–Crippen LogP) is -0.291. The Labute approximate surface area is 121 Å². The van der Waals surface area contributed by atoms with Crippen molar-refractivity contribution in [2.45, 2.75) is 19.6 Å². The summed E-state index contributed by atoms with van der Waals surface area (Å²) in [4.78, 5) is 16.3. The van der Waals surface area contributed by atoms with Crippen LogP contribution >= 0.6 is 0 Å². The summed E-state index contributed by atoms with van der Waals surface area (Å²) in [6.45, 7) is 1.80. The summed E-state index contributed by atoms with van der Waals surface area (Å²) in [5.74, 6) is 1.01. The Bertz CT molecular complexity index is 621. The highest BCUT2D eigenvalue weighted by Gasteiger charge is 2.18. The van der Waals surface area contributed by atoms with E-state index in [0.717, 1.165) is 5.56 Å². The third-order valence-corrected chi connectivity index (χ3v) is 3.04. The van der Waals surface area contributed by atoms with Gasteiger partial charge in [-0.3, -0.25) is 4.79 Å². The molecule has 0 saturated carbocycles. The van der Waals surface area contributed by atoms with Gasteiger partial charge in [-0.25, -0.2) is 15.8 Å². The summed E-state index contributed by atoms with van der Waals surface area (Å²) in [5.41, 5.74) is 12.3. The maximum atomic E-state index is 11.9. The molecule has 1 amide bonds. The van der Waals surface area contributed by atoms with Crippen LogP contribution in [-0.2, 0) is 11.2 Å². The number of rotatable bonds is 4. The lowest BCUT2D eigenvalue weighted by molar-refractivity contribution is -0.121. The van der Waals surface area contributed by atoms with Gasteiger partial charge in [0.1, 0.15) is 5.76 Å². The fourth-order valence-corrected chi connectivity index (χ4v) is 1.99. The number of hydrogen-bond acceptors (Lipinski definition) is 7. The van der Waals surface area contributed by atoms with E-state index in [1.165, 1.54) is 0 Å². The van der Waals surface area contributed by atoms with Crippen molar-refractivity contribution in [2.24, 2.45) is 0 Å². The number of amides is 1. The monoisotopic (exact) mass is 288 g/mol. The Morgan fingerprint density at radius 3 is 2.71 bits per heavy atom. The Balaban J connectivity index is 1.68. The zero-order valence-electron chi connectivity index (χ0n) is 11.4. The van der Waals surface area contributed by atoms with E-state index in [1.807, 2.05) is 30.3 Å². The third kappa shape index (κ3) is 3.26. The summed E-state index contributed by atoms with van der Waals surface area (Å²) in [5, 5.41) is 2.74. The molecule has 0 radical (unpaired) electrons. The molecule has 110 valence electrons. The zero-order valence-corrected chi connectivity index (χ0v) is 11.4. The van der Waals surface area contributed by atoms with Crippen LogP contribution in [-0.4, -0.2) is 17.2 Å². The summed E-state index contributed by atoms with van der Waals surface area (Å²) >= 11 is 0. The number of aryl methyl sites for hydroxylation is 1. The van der Waals surface area contributed by atoms with Gasteiger partial charge >= 0.3 is 0 Å². The van der Waals surface area contributed by atoms with E-state index in [2.05, 4.69) is 32.2 Å². The van der Waals surface area contributed by atoms with Crippen LogP contribution in [0.15, 0.2) is 34.7 Å². The fourth-order valence-electron chi connectivity index (χ4n) is 1.99. The number of benzene rings is 1. The predicted molar refractivity (Wildman–Crippen MR) is 74.9 cm³/mol. The number of nitrogens with one attached hydrogen (secondary N) is 5. The Morgan fingerprint density at radius 2 is 2.00 bits per heavy atom. The van der Waals surface area contributed by atoms with Crippen LogP contribution in [0, 0.1) is 6.92 Å². The number of oxazole rings is 1. The molecule has 3 rings (SSSR count). The molecule has 0 spiro atoms. The molecule has 1 aromatic heterocycles. The minimum atomic E-state index is -0.377. The standard InChI is InChI=1S/C13H16N6O2/c1-8-10(7-11(20)15-13-16-18-19-17-13)14-12(21-8)9-5-3-2-4-6-9/h2-6,13,16-19H,7H2,1H3,(H,15,20). The van der Waals surface area contributed by atoms with Gasteiger partial charge in [-0.05, 0) is 19.1 Å². The number of carbonyl (C=O) groups excluding carboxylic acids is 1. The van der Waals surface area contributed by atoms with Crippen molar-refractivity contribution < 1.29 is 9.21 Å². The van der Waals surface area contributed by atoms with Crippen LogP contribution in [0.25, 0.3) is 11.5 Å². The molecule has 8 heteroatoms. The van der Waals surface area contributed by atoms with Crippen molar-refractivity contribution in [3.8, 4) is 11.5 Å². The molecule has 21 heavy (non-hydrogen) atoms. The van der Waals surface area contributed by atoms with Crippen LogP contribution in [0.1, 0.15) is 11.5 Å². The Morgan fingerprint density at radius 1 is 1.29 bits per heavy atom. The summed E-state index contributed by atoms with van der Waals surface area (Å²) in [6, 6.07) is 9.59. The Hall–Kier alpha value is -2.26. The highest BCUT2D eigenvalue weighted by molar-refractivity contribution is 5.78. The molecule has 1 aromatic carbocycles. The summed E-state index contributed by atoms with van der Waals surface area (Å²) in [7, 11) is 0. The fraction of sp³-hybridized carbons (Fsp3) is 0.231. The quantitative estimate of drug-likeness (QED) is 0.527. The number of nitrogens with zero attached hydrogens (tertiary/aromatic N) is 1. The van der Waals surface area contributed by atoms with E-state index in [1.54, 1.807) is 6.92 Å². The van der Waals surface area contributed by atoms with Gasteiger partial charge in [0, 0.05) is 5.56 Å². The van der Waals surface area contributed by atoms with E-state index in [9.17, 15) is 4.79 Å². The number of hydrazine groups is 3. The molecule has 1 aliphatic heterocycles. The molecule has 0 unspecified atom stereocenters. The molecule has 0 aliphatic carbocycles. The smallest absolute Gasteiger partial charge is 0.228 e. The van der Waals surface area contributed by atoms with Gasteiger partial charge in [-0.2, -0.15) is 11.1 Å². The van der Waals surface area contributed by atoms with Crippen molar-refractivity contribution >= 4 is 5.91 Å². The molecule has 0 bridgehead atoms. The second-order valence-corrected chi connectivity index (χ2v) is 4.60. The number of aromatic nitrogens is 1. The van der Waals surface area contributed by atoms with E-state index < -0.39 is 0 Å². The van der Waals surface area contributed by atoms with Gasteiger partial charge in [0.2, 0.25) is 11.8 Å². The van der Waals surface area contributed by atoms with E-state index >= 15 is 0 Å². The van der Waals surface area contributed by atoms with Crippen LogP contribution in [0.2, 0.25) is 0 Å². The van der Waals surface area contributed by atoms with Gasteiger partial charge in [0.25, 0.3) is 0 Å². The van der Waals surface area contributed by atoms with Gasteiger partial charge < -0.3 is 9.73 Å². The van der Waals surface area contributed by atoms with Gasteiger partial charge in [0.05, 0.1) is 12.1 Å². The van der Waals surface area contributed by atoms with E-state index in [-0.39, 0.29) is 18.6 Å². The summed E-state index contributed by atoms with van der Waals surface area (Å²) in [6.07, 6.45) is -0.222. The lowest BCUT2D eigenvalue weighted by Crippen LogP contribution is -2.50. The zero-order chi connectivity index (χ0) is 14.7. The number of hydrogen-bond donors (Lipinski definition) is 5.